The molecule has 0 bridgehead atoms. The van der Waals surface area contributed by atoms with Crippen LogP contribution in [0.5, 0.6) is 0 Å². The molecule has 0 unspecified atom stereocenters. The van der Waals surface area contributed by atoms with Crippen LogP contribution in [0.15, 0.2) is 42.7 Å². The average Bonchev–Trinajstić information content (AvgIpc) is 3.63. The highest BCUT2D eigenvalue weighted by atomic mass is 19.4. The number of fused-ring (bicyclic) bond motifs is 2. The zero-order chi connectivity index (χ0) is 31.6. The molecule has 14 nitrogen and oxygen atoms in total. The van der Waals surface area contributed by atoms with Crippen LogP contribution < -0.4 is 10.2 Å². The number of carbonyl (C=O) groups is 1. The minimum Gasteiger partial charge on any atom is -0.475 e. The van der Waals surface area contributed by atoms with E-state index in [1.165, 1.54) is 24.5 Å². The van der Waals surface area contributed by atoms with Crippen LogP contribution in [0.3, 0.4) is 0 Å². The minimum atomic E-state index is -5.08. The van der Waals surface area contributed by atoms with Crippen molar-refractivity contribution in [2.45, 2.75) is 12.7 Å². The van der Waals surface area contributed by atoms with Crippen molar-refractivity contribution >= 4 is 45.6 Å². The van der Waals surface area contributed by atoms with E-state index in [2.05, 4.69) is 25.3 Å². The summed E-state index contributed by atoms with van der Waals surface area (Å²) in [5, 5.41) is 21.6. The fourth-order valence-corrected chi connectivity index (χ4v) is 4.18. The molecule has 3 N–H and O–H groups in total. The molecule has 1 aliphatic heterocycles. The van der Waals surface area contributed by atoms with Gasteiger partial charge in [-0.05, 0) is 18.2 Å². The number of aliphatic carboxylic acids is 1. The fraction of sp³-hybridized carbons (Fsp3) is 0.240. The van der Waals surface area contributed by atoms with Crippen LogP contribution >= 0.6 is 0 Å². The van der Waals surface area contributed by atoms with E-state index in [-0.39, 0.29) is 17.7 Å². The lowest BCUT2D eigenvalue weighted by Crippen LogP contribution is -2.37. The summed E-state index contributed by atoms with van der Waals surface area (Å²) in [4.78, 5) is 42.7. The minimum absolute atomic E-state index is 0.0614. The summed E-state index contributed by atoms with van der Waals surface area (Å²) in [5.41, 5.74) is 1.60. The van der Waals surface area contributed by atoms with Crippen LogP contribution in [0.1, 0.15) is 5.82 Å². The third-order valence-corrected chi connectivity index (χ3v) is 6.26. The number of aromatic nitrogens is 6. The van der Waals surface area contributed by atoms with Crippen molar-refractivity contribution in [3.63, 3.8) is 0 Å². The summed E-state index contributed by atoms with van der Waals surface area (Å²) in [6, 6.07) is 8.62. The van der Waals surface area contributed by atoms with Gasteiger partial charge in [-0.15, -0.1) is 0 Å². The first kappa shape index (κ1) is 30.0. The highest BCUT2D eigenvalue weighted by molar-refractivity contribution is 5.86. The SMILES string of the molecule is O=C(O)C(F)(F)F.O=[N+]([O-])c1cccc(-n2cnc3c(NCc4nc5c(F)c(F)ccc5[nH]4)nc(N4CCOCC4)nc32)c1. The molecule has 2 aromatic carbocycles. The highest BCUT2D eigenvalue weighted by Gasteiger charge is 2.38. The number of aromatic amines is 1. The van der Waals surface area contributed by atoms with Gasteiger partial charge in [-0.25, -0.2) is 23.5 Å². The van der Waals surface area contributed by atoms with E-state index in [4.69, 9.17) is 19.6 Å². The van der Waals surface area contributed by atoms with E-state index >= 15 is 0 Å². The van der Waals surface area contributed by atoms with Gasteiger partial charge < -0.3 is 25.0 Å². The Hall–Kier alpha value is -5.46. The maximum atomic E-state index is 14.1. The number of hydrogen-bond acceptors (Lipinski definition) is 10. The second kappa shape index (κ2) is 12.0. The predicted octanol–water partition coefficient (Wildman–Crippen LogP) is 3.96. The topological polar surface area (TPSA) is 177 Å². The van der Waals surface area contributed by atoms with Gasteiger partial charge in [0.05, 0.1) is 35.9 Å². The summed E-state index contributed by atoms with van der Waals surface area (Å²) >= 11 is 0. The number of H-pyrrole nitrogens is 1. The molecule has 0 spiro atoms. The second-order valence-electron chi connectivity index (χ2n) is 9.13. The van der Waals surface area contributed by atoms with Crippen molar-refractivity contribution in [1.29, 1.82) is 0 Å². The summed E-state index contributed by atoms with van der Waals surface area (Å²) in [7, 11) is 0. The molecule has 0 radical (unpaired) electrons. The van der Waals surface area contributed by atoms with E-state index in [9.17, 15) is 32.1 Å². The molecular weight excluding hydrogens is 601 g/mol. The van der Waals surface area contributed by atoms with Crippen molar-refractivity contribution in [1.82, 2.24) is 29.5 Å². The lowest BCUT2D eigenvalue weighted by Gasteiger charge is -2.27. The second-order valence-corrected chi connectivity index (χ2v) is 9.13. The van der Waals surface area contributed by atoms with E-state index in [0.717, 1.165) is 6.07 Å². The molecule has 0 atom stereocenters. The highest BCUT2D eigenvalue weighted by Crippen LogP contribution is 2.27. The maximum Gasteiger partial charge on any atom is 0.490 e. The summed E-state index contributed by atoms with van der Waals surface area (Å²) in [5.74, 6) is -3.55. The van der Waals surface area contributed by atoms with Gasteiger partial charge in [0.2, 0.25) is 5.95 Å². The number of nitrogens with zero attached hydrogens (tertiary/aromatic N) is 7. The molecule has 4 heterocycles. The molecule has 3 aromatic heterocycles. The monoisotopic (exact) mass is 621 g/mol. The van der Waals surface area contributed by atoms with Gasteiger partial charge in [0.25, 0.3) is 5.69 Å². The summed E-state index contributed by atoms with van der Waals surface area (Å²) in [6.45, 7) is 2.34. The van der Waals surface area contributed by atoms with Crippen LogP contribution in [0.2, 0.25) is 0 Å². The van der Waals surface area contributed by atoms with Crippen LogP contribution in [-0.2, 0) is 16.1 Å². The molecule has 0 aliphatic carbocycles. The van der Waals surface area contributed by atoms with E-state index in [1.807, 2.05) is 4.90 Å². The Morgan fingerprint density at radius 3 is 2.52 bits per heavy atom. The Morgan fingerprint density at radius 1 is 1.11 bits per heavy atom. The fourth-order valence-electron chi connectivity index (χ4n) is 4.18. The Kier molecular flexibility index (Phi) is 8.21. The van der Waals surface area contributed by atoms with Crippen molar-refractivity contribution < 1.29 is 41.5 Å². The van der Waals surface area contributed by atoms with Crippen molar-refractivity contribution in [2.24, 2.45) is 0 Å². The molecule has 1 saturated heterocycles. The van der Waals surface area contributed by atoms with Gasteiger partial charge in [0.1, 0.15) is 17.7 Å². The van der Waals surface area contributed by atoms with Crippen LogP contribution in [0.25, 0.3) is 27.9 Å². The number of morpholine rings is 1. The zero-order valence-electron chi connectivity index (χ0n) is 22.2. The number of nitrogens with one attached hydrogen (secondary N) is 2. The number of carboxylic acid groups (broad SMARTS) is 1. The van der Waals surface area contributed by atoms with E-state index < -0.39 is 28.7 Å². The number of halogens is 5. The number of carboxylic acids is 1. The smallest absolute Gasteiger partial charge is 0.475 e. The first-order valence-corrected chi connectivity index (χ1v) is 12.6. The number of rotatable bonds is 6. The number of ether oxygens (including phenoxy) is 1. The average molecular weight is 621 g/mol. The molecule has 19 heteroatoms. The molecule has 230 valence electrons. The third kappa shape index (κ3) is 6.31. The predicted molar refractivity (Wildman–Crippen MR) is 143 cm³/mol. The molecule has 0 amide bonds. The molecule has 1 fully saturated rings. The first-order valence-electron chi connectivity index (χ1n) is 12.6. The standard InChI is InChI=1S/C23H19F2N9O3.C2HF3O2/c24-15-4-5-16-19(18(15)25)29-17(28-16)11-26-21-20-22(31-23(30-21)32-6-8-37-9-7-32)33(12-27-20)13-2-1-3-14(10-13)34(35)36;3-2(4,5)1(6)7/h1-5,10,12H,6-9,11H2,(H,28,29)(H,26,30,31);(H,6,7). The lowest BCUT2D eigenvalue weighted by molar-refractivity contribution is -0.384. The first-order chi connectivity index (χ1) is 20.9. The van der Waals surface area contributed by atoms with Crippen molar-refractivity contribution in [3.8, 4) is 5.69 Å². The van der Waals surface area contributed by atoms with E-state index in [1.54, 1.807) is 16.7 Å². The van der Waals surface area contributed by atoms with Gasteiger partial charge in [-0.2, -0.15) is 23.1 Å². The number of hydrogen-bond donors (Lipinski definition) is 3. The Bertz CT molecular complexity index is 1850. The van der Waals surface area contributed by atoms with Gasteiger partial charge in [0.15, 0.2) is 28.6 Å². The molecule has 0 saturated carbocycles. The van der Waals surface area contributed by atoms with Gasteiger partial charge in [-0.3, -0.25) is 14.7 Å². The van der Waals surface area contributed by atoms with Crippen LogP contribution in [0.4, 0.5) is 39.4 Å². The summed E-state index contributed by atoms with van der Waals surface area (Å²) in [6.07, 6.45) is -3.56. The number of nitro groups is 1. The van der Waals surface area contributed by atoms with Gasteiger partial charge in [0, 0.05) is 25.2 Å². The quantitative estimate of drug-likeness (QED) is 0.142. The number of non-ortho nitro benzene ring substituents is 1. The van der Waals surface area contributed by atoms with E-state index in [0.29, 0.717) is 66.3 Å². The maximum absolute atomic E-state index is 14.1. The van der Waals surface area contributed by atoms with Crippen LogP contribution in [0, 0.1) is 21.7 Å². The number of alkyl halides is 3. The summed E-state index contributed by atoms with van der Waals surface area (Å²) < 4.78 is 66.5. The number of nitro benzene ring substituents is 1. The van der Waals surface area contributed by atoms with Crippen molar-refractivity contribution in [3.05, 3.63) is 70.3 Å². The largest absolute Gasteiger partial charge is 0.490 e. The normalized spacial score (nSPS) is 13.5. The molecule has 1 aliphatic rings. The zero-order valence-corrected chi connectivity index (χ0v) is 22.2. The molecule has 44 heavy (non-hydrogen) atoms. The van der Waals surface area contributed by atoms with Gasteiger partial charge in [-0.1, -0.05) is 6.07 Å². The van der Waals surface area contributed by atoms with Crippen LogP contribution in [-0.4, -0.2) is 78.0 Å². The molecule has 5 aromatic rings. The Morgan fingerprint density at radius 2 is 1.84 bits per heavy atom. The number of benzene rings is 2. The number of anilines is 2. The third-order valence-electron chi connectivity index (χ3n) is 6.26. The van der Waals surface area contributed by atoms with Crippen molar-refractivity contribution in [2.75, 3.05) is 36.5 Å². The Balaban J connectivity index is 0.000000493. The Labute approximate surface area is 242 Å². The molecular formula is C25H20F5N9O5. The molecule has 6 rings (SSSR count). The lowest BCUT2D eigenvalue weighted by atomic mass is 10.3. The van der Waals surface area contributed by atoms with Gasteiger partial charge >= 0.3 is 12.1 Å². The number of imidazole rings is 2.